The van der Waals surface area contributed by atoms with Crippen LogP contribution in [0.15, 0.2) is 24.7 Å². The summed E-state index contributed by atoms with van der Waals surface area (Å²) in [6.07, 6.45) is 6.58. The highest BCUT2D eigenvalue weighted by atomic mass is 16.7. The van der Waals surface area contributed by atoms with Crippen LogP contribution in [0, 0.1) is 0 Å². The van der Waals surface area contributed by atoms with Gasteiger partial charge >= 0.3 is 0 Å². The number of carbonyl (C=O) groups excluding carboxylic acids is 2. The summed E-state index contributed by atoms with van der Waals surface area (Å²) in [6, 6.07) is 3.52. The number of hydrogen-bond acceptors (Lipinski definition) is 8. The highest BCUT2D eigenvalue weighted by Gasteiger charge is 2.29. The Morgan fingerprint density at radius 3 is 3.00 bits per heavy atom. The second-order valence-corrected chi connectivity index (χ2v) is 9.11. The number of unbranched alkanes of at least 4 members (excludes halogenated alkanes) is 1. The molecule has 37 heavy (non-hydrogen) atoms. The van der Waals surface area contributed by atoms with Crippen LogP contribution in [0.2, 0.25) is 0 Å². The molecule has 0 spiro atoms. The number of H-pyrrole nitrogens is 1. The van der Waals surface area contributed by atoms with Gasteiger partial charge in [-0.15, -0.1) is 0 Å². The van der Waals surface area contributed by atoms with E-state index in [1.807, 2.05) is 12.1 Å². The fourth-order valence-corrected chi connectivity index (χ4v) is 4.73. The number of likely N-dealkylation sites (tertiary alicyclic amines) is 1. The summed E-state index contributed by atoms with van der Waals surface area (Å²) >= 11 is 0. The number of nitrogens with zero attached hydrogens (tertiary/aromatic N) is 3. The summed E-state index contributed by atoms with van der Waals surface area (Å²) in [5.74, 6) is 1.45. The number of aromatic amines is 1. The molecule has 1 atom stereocenters. The Balaban J connectivity index is 1.43. The molecule has 0 saturated carbocycles. The predicted octanol–water partition coefficient (Wildman–Crippen LogP) is 2.90. The van der Waals surface area contributed by atoms with Crippen LogP contribution in [0.4, 0.5) is 0 Å². The normalized spacial score (nSPS) is 16.7. The van der Waals surface area contributed by atoms with Crippen LogP contribution in [0.5, 0.6) is 17.2 Å². The van der Waals surface area contributed by atoms with Crippen molar-refractivity contribution in [3.63, 3.8) is 0 Å². The maximum Gasteiger partial charge on any atom is 0.255 e. The minimum absolute atomic E-state index is 0.0326. The molecule has 0 aliphatic carbocycles. The third-order valence-corrected chi connectivity index (χ3v) is 6.58. The number of piperidine rings is 1. The molecule has 1 fully saturated rings. The fraction of sp³-hybridized carbons (Fsp3) is 0.462. The van der Waals surface area contributed by atoms with Crippen molar-refractivity contribution in [2.75, 3.05) is 40.2 Å². The van der Waals surface area contributed by atoms with Crippen molar-refractivity contribution in [2.24, 2.45) is 0 Å². The average Bonchev–Trinajstić information content (AvgIpc) is 3.56. The van der Waals surface area contributed by atoms with Crippen LogP contribution in [0.3, 0.4) is 0 Å². The summed E-state index contributed by atoms with van der Waals surface area (Å²) in [7, 11) is 1.50. The first kappa shape index (κ1) is 24.8. The maximum atomic E-state index is 13.3. The molecule has 2 amide bonds. The van der Waals surface area contributed by atoms with Gasteiger partial charge in [-0.1, -0.05) is 13.3 Å². The third kappa shape index (κ3) is 5.04. The van der Waals surface area contributed by atoms with Gasteiger partial charge in [0, 0.05) is 32.4 Å². The minimum Gasteiger partial charge on any atom is -0.493 e. The Bertz CT molecular complexity index is 1290. The Morgan fingerprint density at radius 1 is 1.27 bits per heavy atom. The Hall–Kier alpha value is -3.86. The Morgan fingerprint density at radius 2 is 2.16 bits per heavy atom. The van der Waals surface area contributed by atoms with E-state index >= 15 is 0 Å². The van der Waals surface area contributed by atoms with Gasteiger partial charge in [0.15, 0.2) is 11.5 Å². The van der Waals surface area contributed by atoms with Crippen LogP contribution in [-0.4, -0.2) is 77.9 Å². The molecule has 5 rings (SSSR count). The predicted molar refractivity (Wildman–Crippen MR) is 135 cm³/mol. The largest absolute Gasteiger partial charge is 0.493 e. The van der Waals surface area contributed by atoms with Crippen molar-refractivity contribution in [3.05, 3.63) is 30.2 Å². The summed E-state index contributed by atoms with van der Waals surface area (Å²) in [4.78, 5) is 39.4. The van der Waals surface area contributed by atoms with Gasteiger partial charge in [-0.25, -0.2) is 9.97 Å². The van der Waals surface area contributed by atoms with Gasteiger partial charge in [-0.05, 0) is 31.4 Å². The Kier molecular flexibility index (Phi) is 7.40. The third-order valence-electron chi connectivity index (χ3n) is 6.58. The van der Waals surface area contributed by atoms with Crippen molar-refractivity contribution in [1.82, 2.24) is 25.2 Å². The van der Waals surface area contributed by atoms with Crippen LogP contribution in [-0.2, 0) is 9.53 Å². The van der Waals surface area contributed by atoms with Crippen LogP contribution in [0.1, 0.15) is 43.0 Å². The van der Waals surface area contributed by atoms with Crippen molar-refractivity contribution >= 4 is 22.8 Å². The summed E-state index contributed by atoms with van der Waals surface area (Å²) in [5, 5.41) is 3.06. The minimum atomic E-state index is -0.265. The molecule has 11 heteroatoms. The van der Waals surface area contributed by atoms with Gasteiger partial charge < -0.3 is 34.1 Å². The van der Waals surface area contributed by atoms with Crippen LogP contribution >= 0.6 is 0 Å². The quantitative estimate of drug-likeness (QED) is 0.422. The average molecular weight is 510 g/mol. The zero-order valence-electron chi connectivity index (χ0n) is 21.0. The molecule has 3 aromatic rings. The van der Waals surface area contributed by atoms with E-state index in [0.717, 1.165) is 25.7 Å². The first-order valence-corrected chi connectivity index (χ1v) is 12.6. The number of benzene rings is 1. The number of rotatable bonds is 9. The number of methoxy groups -OCH3 is 1. The van der Waals surface area contributed by atoms with Gasteiger partial charge in [0.25, 0.3) is 5.91 Å². The van der Waals surface area contributed by atoms with Crippen molar-refractivity contribution in [2.45, 2.75) is 38.6 Å². The smallest absolute Gasteiger partial charge is 0.255 e. The van der Waals surface area contributed by atoms with Gasteiger partial charge in [0.1, 0.15) is 29.9 Å². The second kappa shape index (κ2) is 11.0. The van der Waals surface area contributed by atoms with E-state index in [9.17, 15) is 9.59 Å². The van der Waals surface area contributed by atoms with E-state index in [1.165, 1.54) is 13.4 Å². The fourth-order valence-electron chi connectivity index (χ4n) is 4.73. The van der Waals surface area contributed by atoms with E-state index in [0.29, 0.717) is 64.8 Å². The molecule has 2 aromatic heterocycles. The number of amides is 2. The highest BCUT2D eigenvalue weighted by Crippen LogP contribution is 2.47. The molecule has 1 saturated heterocycles. The molecule has 2 N–H and O–H groups in total. The lowest BCUT2D eigenvalue weighted by molar-refractivity contribution is -0.136. The lowest BCUT2D eigenvalue weighted by Crippen LogP contribution is -2.50. The molecule has 0 bridgehead atoms. The number of ether oxygens (including phenoxy) is 4. The molecule has 2 aliphatic rings. The lowest BCUT2D eigenvalue weighted by atomic mass is 10.0. The van der Waals surface area contributed by atoms with E-state index in [1.54, 1.807) is 11.1 Å². The van der Waals surface area contributed by atoms with Crippen LogP contribution < -0.4 is 19.5 Å². The summed E-state index contributed by atoms with van der Waals surface area (Å²) in [5.41, 5.74) is 2.70. The van der Waals surface area contributed by atoms with E-state index in [-0.39, 0.29) is 31.3 Å². The highest BCUT2D eigenvalue weighted by molar-refractivity contribution is 6.08. The number of carbonyl (C=O) groups is 2. The molecule has 11 nitrogen and oxygen atoms in total. The van der Waals surface area contributed by atoms with Crippen molar-refractivity contribution in [1.29, 1.82) is 0 Å². The molecular weight excluding hydrogens is 478 g/mol. The standard InChI is InChI=1S/C26H31N5O6/c1-3-4-10-35-18-7-8-19-25(37-15-36-19)21(18)23-24-22(28-14-29-23)17(11-27-24)26(33)30-16-6-5-9-31(12-16)20(32)13-34-2/h7-8,11,14,16,27H,3-6,9-10,12-13,15H2,1-2H3,(H,30,33). The zero-order chi connectivity index (χ0) is 25.8. The lowest BCUT2D eigenvalue weighted by Gasteiger charge is -2.33. The van der Waals surface area contributed by atoms with E-state index < -0.39 is 0 Å². The van der Waals surface area contributed by atoms with Crippen molar-refractivity contribution < 1.29 is 28.5 Å². The van der Waals surface area contributed by atoms with Crippen LogP contribution in [0.25, 0.3) is 22.3 Å². The maximum absolute atomic E-state index is 13.3. The van der Waals surface area contributed by atoms with Crippen molar-refractivity contribution in [3.8, 4) is 28.5 Å². The molecule has 196 valence electrons. The molecule has 2 aliphatic heterocycles. The van der Waals surface area contributed by atoms with Gasteiger partial charge in [0.05, 0.1) is 23.3 Å². The Labute approximate surface area is 214 Å². The molecular formula is C26H31N5O6. The number of hydrogen-bond donors (Lipinski definition) is 2. The first-order chi connectivity index (χ1) is 18.1. The number of aromatic nitrogens is 3. The zero-order valence-corrected chi connectivity index (χ0v) is 21.0. The molecule has 0 radical (unpaired) electrons. The van der Waals surface area contributed by atoms with Gasteiger partial charge in [-0.2, -0.15) is 0 Å². The first-order valence-electron chi connectivity index (χ1n) is 12.6. The SMILES string of the molecule is CCCCOc1ccc2c(c1-c1ncnc3c(C(=O)NC4CCCN(C(=O)COC)C4)c[nH]c13)OCO2. The van der Waals surface area contributed by atoms with Gasteiger partial charge in [0.2, 0.25) is 12.7 Å². The number of nitrogens with one attached hydrogen (secondary N) is 2. The molecule has 1 aromatic carbocycles. The molecule has 4 heterocycles. The monoisotopic (exact) mass is 509 g/mol. The second-order valence-electron chi connectivity index (χ2n) is 9.11. The molecule has 1 unspecified atom stereocenters. The summed E-state index contributed by atoms with van der Waals surface area (Å²) in [6.45, 7) is 3.91. The number of fused-ring (bicyclic) bond motifs is 2. The van der Waals surface area contributed by atoms with Gasteiger partial charge in [-0.3, -0.25) is 9.59 Å². The van der Waals surface area contributed by atoms with E-state index in [4.69, 9.17) is 18.9 Å². The topological polar surface area (TPSA) is 128 Å². The van der Waals surface area contributed by atoms with E-state index in [2.05, 4.69) is 27.2 Å². The summed E-state index contributed by atoms with van der Waals surface area (Å²) < 4.78 is 22.4.